The second-order valence-corrected chi connectivity index (χ2v) is 8.05. The molecule has 4 aromatic heterocycles. The maximum Gasteiger partial charge on any atom is 0.271 e. The molecule has 3 N–H and O–H groups in total. The summed E-state index contributed by atoms with van der Waals surface area (Å²) < 4.78 is 28.6. The number of fused-ring (bicyclic) bond motifs is 1. The molecule has 0 unspecified atom stereocenters. The van der Waals surface area contributed by atoms with E-state index in [0.29, 0.717) is 33.8 Å². The SMILES string of the molecule is Cc1c(Nc2nc(C3CC3)c(-c3cncc4c3ncn4C)nc2C(N)=O)cnn1CC(F)F. The molecular formula is C21H21F2N9O. The van der Waals surface area contributed by atoms with E-state index in [-0.39, 0.29) is 17.4 Å². The van der Waals surface area contributed by atoms with Gasteiger partial charge in [-0.2, -0.15) is 5.10 Å². The smallest absolute Gasteiger partial charge is 0.271 e. The quantitative estimate of drug-likeness (QED) is 0.440. The van der Waals surface area contributed by atoms with Crippen LogP contribution in [0, 0.1) is 6.92 Å². The van der Waals surface area contributed by atoms with E-state index in [0.717, 1.165) is 18.4 Å². The summed E-state index contributed by atoms with van der Waals surface area (Å²) in [6.45, 7) is 1.12. The van der Waals surface area contributed by atoms with E-state index < -0.39 is 18.9 Å². The molecule has 12 heteroatoms. The standard InChI is InChI=1S/C21H21F2N9O/c1-10-13(6-27-32(10)8-15(22)23)28-21-19(20(24)33)29-18(16(30-21)11-3-4-11)12-5-25-7-14-17(12)26-9-31(14)2/h5-7,9,11,15H,3-4,8H2,1-2H3,(H2,24,33)(H,28,30). The number of hydrogen-bond donors (Lipinski definition) is 2. The van der Waals surface area contributed by atoms with Crippen LogP contribution in [0.2, 0.25) is 0 Å². The molecule has 0 atom stereocenters. The fraction of sp³-hybridized carbons (Fsp3) is 0.333. The van der Waals surface area contributed by atoms with Gasteiger partial charge >= 0.3 is 0 Å². The number of aromatic nitrogens is 7. The van der Waals surface area contributed by atoms with Crippen LogP contribution >= 0.6 is 0 Å². The van der Waals surface area contributed by atoms with Crippen molar-refractivity contribution in [3.63, 3.8) is 0 Å². The van der Waals surface area contributed by atoms with E-state index in [9.17, 15) is 13.6 Å². The highest BCUT2D eigenvalue weighted by atomic mass is 19.3. The van der Waals surface area contributed by atoms with Crippen LogP contribution in [-0.2, 0) is 13.6 Å². The topological polar surface area (TPSA) is 129 Å². The second-order valence-electron chi connectivity index (χ2n) is 8.05. The van der Waals surface area contributed by atoms with Gasteiger partial charge in [0.05, 0.1) is 47.0 Å². The third-order valence-electron chi connectivity index (χ3n) is 5.68. The van der Waals surface area contributed by atoms with Crippen LogP contribution in [0.4, 0.5) is 20.3 Å². The Morgan fingerprint density at radius 2 is 2.06 bits per heavy atom. The minimum absolute atomic E-state index is 0.0663. The summed E-state index contributed by atoms with van der Waals surface area (Å²) in [4.78, 5) is 30.4. The molecule has 0 spiro atoms. The number of halogens is 2. The van der Waals surface area contributed by atoms with Crippen LogP contribution in [0.15, 0.2) is 24.9 Å². The Bertz CT molecular complexity index is 1370. The zero-order chi connectivity index (χ0) is 23.3. The lowest BCUT2D eigenvalue weighted by atomic mass is 10.1. The van der Waals surface area contributed by atoms with Crippen LogP contribution < -0.4 is 11.1 Å². The summed E-state index contributed by atoms with van der Waals surface area (Å²) in [6, 6.07) is 0. The molecule has 4 aromatic rings. The van der Waals surface area contributed by atoms with Crippen LogP contribution in [0.5, 0.6) is 0 Å². The molecule has 0 aromatic carbocycles. The summed E-state index contributed by atoms with van der Waals surface area (Å²) in [7, 11) is 1.87. The highest BCUT2D eigenvalue weighted by molar-refractivity contribution is 5.98. The van der Waals surface area contributed by atoms with E-state index in [1.54, 1.807) is 25.6 Å². The van der Waals surface area contributed by atoms with Crippen molar-refractivity contribution in [2.24, 2.45) is 12.8 Å². The van der Waals surface area contributed by atoms with Gasteiger partial charge in [0.15, 0.2) is 11.5 Å². The summed E-state index contributed by atoms with van der Waals surface area (Å²) in [5.41, 5.74) is 9.90. The monoisotopic (exact) mass is 453 g/mol. The van der Waals surface area contributed by atoms with Crippen LogP contribution in [0.1, 0.15) is 40.6 Å². The van der Waals surface area contributed by atoms with Crippen molar-refractivity contribution in [3.8, 4) is 11.3 Å². The number of aryl methyl sites for hydroxylation is 1. The molecule has 5 rings (SSSR count). The highest BCUT2D eigenvalue weighted by Gasteiger charge is 2.32. The summed E-state index contributed by atoms with van der Waals surface area (Å²) in [5, 5.41) is 7.01. The van der Waals surface area contributed by atoms with E-state index in [2.05, 4.69) is 25.4 Å². The van der Waals surface area contributed by atoms with Crippen molar-refractivity contribution in [2.45, 2.75) is 38.7 Å². The molecule has 1 fully saturated rings. The number of rotatable bonds is 7. The number of hydrogen-bond acceptors (Lipinski definition) is 7. The number of nitrogens with one attached hydrogen (secondary N) is 1. The maximum atomic E-state index is 12.8. The summed E-state index contributed by atoms with van der Waals surface area (Å²) in [5.74, 6) is -0.432. The molecular weight excluding hydrogens is 432 g/mol. The lowest BCUT2D eigenvalue weighted by molar-refractivity contribution is 0.0996. The minimum atomic E-state index is -2.54. The molecule has 10 nitrogen and oxygen atoms in total. The molecule has 4 heterocycles. The Balaban J connectivity index is 1.63. The summed E-state index contributed by atoms with van der Waals surface area (Å²) in [6.07, 6.45) is 5.80. The molecule has 1 aliphatic carbocycles. The third kappa shape index (κ3) is 3.77. The van der Waals surface area contributed by atoms with Crippen molar-refractivity contribution in [3.05, 3.63) is 42.0 Å². The Hall–Kier alpha value is -3.96. The van der Waals surface area contributed by atoms with Crippen molar-refractivity contribution in [1.82, 2.24) is 34.3 Å². The maximum absolute atomic E-state index is 12.8. The second kappa shape index (κ2) is 7.87. The van der Waals surface area contributed by atoms with Gasteiger partial charge in [-0.1, -0.05) is 0 Å². The van der Waals surface area contributed by atoms with Crippen molar-refractivity contribution >= 4 is 28.4 Å². The zero-order valence-electron chi connectivity index (χ0n) is 18.0. The van der Waals surface area contributed by atoms with Gasteiger partial charge in [0.1, 0.15) is 12.1 Å². The lowest BCUT2D eigenvalue weighted by Gasteiger charge is -2.14. The van der Waals surface area contributed by atoms with Gasteiger partial charge in [-0.3, -0.25) is 14.5 Å². The van der Waals surface area contributed by atoms with Crippen LogP contribution in [-0.4, -0.2) is 46.6 Å². The van der Waals surface area contributed by atoms with E-state index in [1.165, 1.54) is 10.9 Å². The number of amides is 1. The molecule has 33 heavy (non-hydrogen) atoms. The van der Waals surface area contributed by atoms with E-state index in [4.69, 9.17) is 10.7 Å². The summed E-state index contributed by atoms with van der Waals surface area (Å²) >= 11 is 0. The van der Waals surface area contributed by atoms with Crippen LogP contribution in [0.25, 0.3) is 22.3 Å². The van der Waals surface area contributed by atoms with Crippen molar-refractivity contribution in [1.29, 1.82) is 0 Å². The van der Waals surface area contributed by atoms with Crippen molar-refractivity contribution < 1.29 is 13.6 Å². The van der Waals surface area contributed by atoms with Crippen molar-refractivity contribution in [2.75, 3.05) is 5.32 Å². The number of pyridine rings is 1. The molecule has 0 radical (unpaired) electrons. The van der Waals surface area contributed by atoms with E-state index in [1.807, 2.05) is 11.6 Å². The fourth-order valence-electron chi connectivity index (χ4n) is 3.77. The predicted molar refractivity (Wildman–Crippen MR) is 116 cm³/mol. The Labute approximate surface area is 186 Å². The van der Waals surface area contributed by atoms with Gasteiger partial charge in [-0.15, -0.1) is 0 Å². The van der Waals surface area contributed by atoms with Gasteiger partial charge in [0.2, 0.25) is 0 Å². The largest absolute Gasteiger partial charge is 0.364 e. The molecule has 170 valence electrons. The number of alkyl halides is 2. The normalized spacial score (nSPS) is 13.7. The Morgan fingerprint density at radius 1 is 1.27 bits per heavy atom. The molecule has 1 amide bonds. The third-order valence-corrected chi connectivity index (χ3v) is 5.68. The molecule has 0 saturated heterocycles. The first-order chi connectivity index (χ1) is 15.8. The van der Waals surface area contributed by atoms with Crippen LogP contribution in [0.3, 0.4) is 0 Å². The first-order valence-electron chi connectivity index (χ1n) is 10.4. The highest BCUT2D eigenvalue weighted by Crippen LogP contribution is 2.44. The van der Waals surface area contributed by atoms with Gasteiger partial charge in [0, 0.05) is 24.7 Å². The predicted octanol–water partition coefficient (Wildman–Crippen LogP) is 2.92. The number of nitrogens with two attached hydrogens (primary N) is 1. The number of anilines is 2. The number of imidazole rings is 1. The van der Waals surface area contributed by atoms with Gasteiger partial charge < -0.3 is 15.6 Å². The fourth-order valence-corrected chi connectivity index (χ4v) is 3.77. The number of carbonyl (C=O) groups is 1. The molecule has 1 aliphatic rings. The minimum Gasteiger partial charge on any atom is -0.364 e. The molecule has 0 bridgehead atoms. The average molecular weight is 453 g/mol. The molecule has 1 saturated carbocycles. The Morgan fingerprint density at radius 3 is 2.76 bits per heavy atom. The van der Waals surface area contributed by atoms with Gasteiger partial charge in [0.25, 0.3) is 12.3 Å². The van der Waals surface area contributed by atoms with E-state index >= 15 is 0 Å². The first-order valence-corrected chi connectivity index (χ1v) is 10.4. The zero-order valence-corrected chi connectivity index (χ0v) is 18.0. The first kappa shape index (κ1) is 20.9. The van der Waals surface area contributed by atoms with Gasteiger partial charge in [-0.25, -0.2) is 23.7 Å². The van der Waals surface area contributed by atoms with Gasteiger partial charge in [-0.05, 0) is 19.8 Å². The lowest BCUT2D eigenvalue weighted by Crippen LogP contribution is -2.18. The Kier molecular flexibility index (Phi) is 4.99. The molecule has 0 aliphatic heterocycles. The average Bonchev–Trinajstić information content (AvgIpc) is 3.49. The number of carbonyl (C=O) groups excluding carboxylic acids is 1. The number of primary amides is 1. The number of nitrogens with zero attached hydrogens (tertiary/aromatic N) is 7.